The molecule has 1 aliphatic rings. The summed E-state index contributed by atoms with van der Waals surface area (Å²) in [7, 11) is 0. The van der Waals surface area contributed by atoms with Crippen LogP contribution in [0.15, 0.2) is 48.8 Å². The van der Waals surface area contributed by atoms with Crippen LogP contribution >= 0.6 is 0 Å². The SMILES string of the molecule is Cc1ccc2ncnc(N3CCN(c4cccc(C(F)(F)F)c4)CC3)c2c1. The Morgan fingerprint density at radius 3 is 2.37 bits per heavy atom. The highest BCUT2D eigenvalue weighted by molar-refractivity contribution is 5.89. The maximum Gasteiger partial charge on any atom is 0.416 e. The number of aryl methyl sites for hydroxylation is 1. The molecule has 0 aliphatic carbocycles. The zero-order valence-electron chi connectivity index (χ0n) is 14.9. The van der Waals surface area contributed by atoms with Crippen LogP contribution in [-0.4, -0.2) is 36.1 Å². The Morgan fingerprint density at radius 1 is 0.889 bits per heavy atom. The lowest BCUT2D eigenvalue weighted by molar-refractivity contribution is -0.137. The number of anilines is 2. The molecule has 0 radical (unpaired) electrons. The van der Waals surface area contributed by atoms with Gasteiger partial charge in [-0.15, -0.1) is 0 Å². The second-order valence-corrected chi connectivity index (χ2v) is 6.74. The molecule has 3 aromatic rings. The third-order valence-corrected chi connectivity index (χ3v) is 4.89. The van der Waals surface area contributed by atoms with E-state index >= 15 is 0 Å². The standard InChI is InChI=1S/C20H19F3N4/c1-14-5-6-18-17(11-14)19(25-13-24-18)27-9-7-26(8-10-27)16-4-2-3-15(12-16)20(21,22)23/h2-6,11-13H,7-10H2,1H3. The zero-order chi connectivity index (χ0) is 19.0. The zero-order valence-corrected chi connectivity index (χ0v) is 14.9. The summed E-state index contributed by atoms with van der Waals surface area (Å²) in [6.45, 7) is 4.69. The van der Waals surface area contributed by atoms with E-state index in [1.165, 1.54) is 12.1 Å². The number of rotatable bonds is 2. The molecule has 0 amide bonds. The van der Waals surface area contributed by atoms with Gasteiger partial charge < -0.3 is 9.80 Å². The first kappa shape index (κ1) is 17.6. The normalized spacial score (nSPS) is 15.4. The molecule has 27 heavy (non-hydrogen) atoms. The minimum absolute atomic E-state index is 0.605. The van der Waals surface area contributed by atoms with Crippen molar-refractivity contribution in [2.45, 2.75) is 13.1 Å². The van der Waals surface area contributed by atoms with Crippen LogP contribution in [0.3, 0.4) is 0 Å². The Labute approximate surface area is 155 Å². The lowest BCUT2D eigenvalue weighted by Crippen LogP contribution is -2.47. The number of piperazine rings is 1. The first-order valence-electron chi connectivity index (χ1n) is 8.80. The average Bonchev–Trinajstić information content (AvgIpc) is 2.67. The van der Waals surface area contributed by atoms with Gasteiger partial charge in [0.15, 0.2) is 0 Å². The van der Waals surface area contributed by atoms with Gasteiger partial charge in [0.2, 0.25) is 0 Å². The fraction of sp³-hybridized carbons (Fsp3) is 0.300. The lowest BCUT2D eigenvalue weighted by Gasteiger charge is -2.37. The fourth-order valence-electron chi connectivity index (χ4n) is 3.46. The molecule has 0 atom stereocenters. The summed E-state index contributed by atoms with van der Waals surface area (Å²) >= 11 is 0. The van der Waals surface area contributed by atoms with Gasteiger partial charge in [-0.1, -0.05) is 17.7 Å². The van der Waals surface area contributed by atoms with Crippen molar-refractivity contribution in [2.24, 2.45) is 0 Å². The van der Waals surface area contributed by atoms with Crippen molar-refractivity contribution in [3.63, 3.8) is 0 Å². The van der Waals surface area contributed by atoms with Crippen molar-refractivity contribution >= 4 is 22.4 Å². The first-order valence-corrected chi connectivity index (χ1v) is 8.80. The lowest BCUT2D eigenvalue weighted by atomic mass is 10.1. The third kappa shape index (κ3) is 3.54. The number of hydrogen-bond acceptors (Lipinski definition) is 4. The van der Waals surface area contributed by atoms with E-state index in [0.717, 1.165) is 28.4 Å². The molecule has 1 aliphatic heterocycles. The highest BCUT2D eigenvalue weighted by Gasteiger charge is 2.31. The van der Waals surface area contributed by atoms with Crippen LogP contribution in [0.1, 0.15) is 11.1 Å². The summed E-state index contributed by atoms with van der Waals surface area (Å²) < 4.78 is 38.9. The van der Waals surface area contributed by atoms with E-state index in [9.17, 15) is 13.2 Å². The van der Waals surface area contributed by atoms with Gasteiger partial charge in [0.05, 0.1) is 11.1 Å². The molecule has 0 N–H and O–H groups in total. The number of alkyl halides is 3. The minimum atomic E-state index is -4.32. The summed E-state index contributed by atoms with van der Waals surface area (Å²) in [5.41, 5.74) is 2.03. The Bertz CT molecular complexity index is 963. The second-order valence-electron chi connectivity index (χ2n) is 6.74. The highest BCUT2D eigenvalue weighted by Crippen LogP contribution is 2.32. The van der Waals surface area contributed by atoms with E-state index in [-0.39, 0.29) is 0 Å². The minimum Gasteiger partial charge on any atom is -0.368 e. The van der Waals surface area contributed by atoms with E-state index in [1.807, 2.05) is 24.0 Å². The predicted octanol–water partition coefficient (Wildman–Crippen LogP) is 4.28. The maximum absolute atomic E-state index is 13.0. The van der Waals surface area contributed by atoms with Gasteiger partial charge in [-0.25, -0.2) is 9.97 Å². The van der Waals surface area contributed by atoms with Crippen LogP contribution < -0.4 is 9.80 Å². The van der Waals surface area contributed by atoms with E-state index in [2.05, 4.69) is 20.9 Å². The van der Waals surface area contributed by atoms with E-state index in [4.69, 9.17) is 0 Å². The van der Waals surface area contributed by atoms with Gasteiger partial charge in [-0.2, -0.15) is 13.2 Å². The Kier molecular flexibility index (Phi) is 4.37. The molecule has 4 nitrogen and oxygen atoms in total. The fourth-order valence-corrected chi connectivity index (χ4v) is 3.46. The molecule has 0 saturated carbocycles. The number of aromatic nitrogens is 2. The van der Waals surface area contributed by atoms with Gasteiger partial charge in [-0.05, 0) is 37.3 Å². The van der Waals surface area contributed by atoms with Crippen LogP contribution in [0.25, 0.3) is 10.9 Å². The summed E-state index contributed by atoms with van der Waals surface area (Å²) in [6.07, 6.45) is -2.76. The highest BCUT2D eigenvalue weighted by atomic mass is 19.4. The molecule has 140 valence electrons. The molecule has 1 fully saturated rings. The van der Waals surface area contributed by atoms with Crippen LogP contribution in [0, 0.1) is 6.92 Å². The smallest absolute Gasteiger partial charge is 0.368 e. The summed E-state index contributed by atoms with van der Waals surface area (Å²) in [4.78, 5) is 12.9. The summed E-state index contributed by atoms with van der Waals surface area (Å²) in [6, 6.07) is 11.6. The topological polar surface area (TPSA) is 32.3 Å². The van der Waals surface area contributed by atoms with Crippen molar-refractivity contribution in [2.75, 3.05) is 36.0 Å². The molecule has 0 unspecified atom stereocenters. The van der Waals surface area contributed by atoms with Crippen LogP contribution in [0.5, 0.6) is 0 Å². The van der Waals surface area contributed by atoms with Gasteiger partial charge in [0, 0.05) is 37.3 Å². The molecule has 7 heteroatoms. The van der Waals surface area contributed by atoms with E-state index in [1.54, 1.807) is 12.4 Å². The molecular formula is C20H19F3N4. The number of fused-ring (bicyclic) bond motifs is 1. The molecular weight excluding hydrogens is 353 g/mol. The first-order chi connectivity index (χ1) is 12.9. The van der Waals surface area contributed by atoms with Crippen molar-refractivity contribution in [1.82, 2.24) is 9.97 Å². The van der Waals surface area contributed by atoms with Crippen molar-refractivity contribution < 1.29 is 13.2 Å². The number of nitrogens with zero attached hydrogens (tertiary/aromatic N) is 4. The van der Waals surface area contributed by atoms with Gasteiger partial charge in [0.1, 0.15) is 12.1 Å². The van der Waals surface area contributed by atoms with Gasteiger partial charge in [-0.3, -0.25) is 0 Å². The van der Waals surface area contributed by atoms with Crippen LogP contribution in [0.2, 0.25) is 0 Å². The molecule has 2 heterocycles. The predicted molar refractivity (Wildman–Crippen MR) is 100 cm³/mol. The Balaban J connectivity index is 1.54. The maximum atomic E-state index is 13.0. The third-order valence-electron chi connectivity index (χ3n) is 4.89. The van der Waals surface area contributed by atoms with Gasteiger partial charge in [0.25, 0.3) is 0 Å². The van der Waals surface area contributed by atoms with Crippen LogP contribution in [-0.2, 0) is 6.18 Å². The van der Waals surface area contributed by atoms with Crippen LogP contribution in [0.4, 0.5) is 24.7 Å². The monoisotopic (exact) mass is 372 g/mol. The van der Waals surface area contributed by atoms with Crippen molar-refractivity contribution in [1.29, 1.82) is 0 Å². The number of halogens is 3. The molecule has 1 aromatic heterocycles. The Hall–Kier alpha value is -2.83. The van der Waals surface area contributed by atoms with Crippen molar-refractivity contribution in [3.05, 3.63) is 59.9 Å². The number of benzene rings is 2. The Morgan fingerprint density at radius 2 is 1.63 bits per heavy atom. The van der Waals surface area contributed by atoms with Gasteiger partial charge >= 0.3 is 6.18 Å². The van der Waals surface area contributed by atoms with E-state index < -0.39 is 11.7 Å². The molecule has 2 aromatic carbocycles. The average molecular weight is 372 g/mol. The largest absolute Gasteiger partial charge is 0.416 e. The second kappa shape index (κ2) is 6.72. The molecule has 1 saturated heterocycles. The van der Waals surface area contributed by atoms with Crippen molar-refractivity contribution in [3.8, 4) is 0 Å². The summed E-state index contributed by atoms with van der Waals surface area (Å²) in [5.74, 6) is 0.882. The quantitative estimate of drug-likeness (QED) is 0.672. The molecule has 0 bridgehead atoms. The molecule has 4 rings (SSSR count). The number of hydrogen-bond donors (Lipinski definition) is 0. The van der Waals surface area contributed by atoms with E-state index in [0.29, 0.717) is 31.9 Å². The molecule has 0 spiro atoms. The summed E-state index contributed by atoms with van der Waals surface area (Å²) in [5, 5.41) is 1.00.